The maximum atomic E-state index is 12.6. The lowest BCUT2D eigenvalue weighted by Crippen LogP contribution is -2.32. The van der Waals surface area contributed by atoms with Crippen molar-refractivity contribution < 1.29 is 14.0 Å². The van der Waals surface area contributed by atoms with Gasteiger partial charge in [0.2, 0.25) is 5.91 Å². The molecule has 0 saturated carbocycles. The zero-order valence-corrected chi connectivity index (χ0v) is 16.7. The molecule has 8 heteroatoms. The molecule has 0 radical (unpaired) electrons. The summed E-state index contributed by atoms with van der Waals surface area (Å²) in [6, 6.07) is 14.6. The predicted octanol–water partition coefficient (Wildman–Crippen LogP) is 3.21. The van der Waals surface area contributed by atoms with E-state index >= 15 is 0 Å². The van der Waals surface area contributed by atoms with Gasteiger partial charge in [-0.2, -0.15) is 5.26 Å². The number of benzene rings is 1. The second-order valence-corrected chi connectivity index (χ2v) is 7.24. The van der Waals surface area contributed by atoms with Gasteiger partial charge in [0, 0.05) is 19.2 Å². The van der Waals surface area contributed by atoms with Crippen LogP contribution in [-0.4, -0.2) is 30.3 Å². The molecule has 0 bridgehead atoms. The minimum absolute atomic E-state index is 0.126. The van der Waals surface area contributed by atoms with Crippen molar-refractivity contribution >= 4 is 28.2 Å². The van der Waals surface area contributed by atoms with Crippen LogP contribution in [0.4, 0.5) is 5.00 Å². The summed E-state index contributed by atoms with van der Waals surface area (Å²) in [5.74, 6) is 0.388. The zero-order valence-electron chi connectivity index (χ0n) is 15.8. The summed E-state index contributed by atoms with van der Waals surface area (Å²) < 4.78 is 5.42. The van der Waals surface area contributed by atoms with Crippen molar-refractivity contribution in [2.24, 2.45) is 0 Å². The molecule has 0 aliphatic carbocycles. The van der Waals surface area contributed by atoms with E-state index in [0.717, 1.165) is 11.3 Å². The molecule has 0 unspecified atom stereocenters. The molecular formula is C21H20N4O3S. The van der Waals surface area contributed by atoms with E-state index < -0.39 is 0 Å². The maximum Gasteiger partial charge on any atom is 0.251 e. The first-order valence-electron chi connectivity index (χ1n) is 8.92. The summed E-state index contributed by atoms with van der Waals surface area (Å²) >= 11 is 1.32. The number of nitrogens with zero attached hydrogens (tertiary/aromatic N) is 2. The van der Waals surface area contributed by atoms with Gasteiger partial charge in [0.1, 0.15) is 16.8 Å². The smallest absolute Gasteiger partial charge is 0.251 e. The van der Waals surface area contributed by atoms with E-state index in [1.807, 2.05) is 23.1 Å². The highest BCUT2D eigenvalue weighted by Gasteiger charge is 2.16. The molecule has 0 saturated heterocycles. The highest BCUT2D eigenvalue weighted by molar-refractivity contribution is 7.14. The molecule has 7 nitrogen and oxygen atoms in total. The Morgan fingerprint density at radius 3 is 2.62 bits per heavy atom. The van der Waals surface area contributed by atoms with Crippen LogP contribution in [-0.2, 0) is 17.9 Å². The Kier molecular flexibility index (Phi) is 6.79. The summed E-state index contributed by atoms with van der Waals surface area (Å²) in [5.41, 5.74) is 1.99. The molecule has 3 aromatic rings. The van der Waals surface area contributed by atoms with Gasteiger partial charge < -0.3 is 15.1 Å². The molecule has 0 aliphatic heterocycles. The molecule has 1 aromatic carbocycles. The fraction of sp³-hybridized carbons (Fsp3) is 0.190. The van der Waals surface area contributed by atoms with Crippen molar-refractivity contribution in [3.8, 4) is 6.07 Å². The second-order valence-electron chi connectivity index (χ2n) is 6.32. The first-order valence-corrected chi connectivity index (χ1v) is 9.80. The van der Waals surface area contributed by atoms with Gasteiger partial charge in [-0.1, -0.05) is 12.1 Å². The molecule has 0 fully saturated rings. The van der Waals surface area contributed by atoms with Crippen LogP contribution in [0.25, 0.3) is 0 Å². The summed E-state index contributed by atoms with van der Waals surface area (Å²) in [6.07, 6.45) is 1.59. The third-order valence-corrected chi connectivity index (χ3v) is 5.04. The number of anilines is 1. The van der Waals surface area contributed by atoms with Gasteiger partial charge in [0.05, 0.1) is 24.9 Å². The Hall–Kier alpha value is -3.41. The predicted molar refractivity (Wildman–Crippen MR) is 110 cm³/mol. The second kappa shape index (κ2) is 9.68. The maximum absolute atomic E-state index is 12.6. The van der Waals surface area contributed by atoms with Crippen molar-refractivity contribution in [2.75, 3.05) is 18.9 Å². The number of amides is 2. The van der Waals surface area contributed by atoms with E-state index in [1.165, 1.54) is 11.3 Å². The number of hydrogen-bond acceptors (Lipinski definition) is 6. The van der Waals surface area contributed by atoms with Crippen LogP contribution in [0, 0.1) is 11.3 Å². The molecule has 0 spiro atoms. The van der Waals surface area contributed by atoms with Crippen molar-refractivity contribution in [1.29, 1.82) is 5.26 Å². The van der Waals surface area contributed by atoms with E-state index in [1.54, 1.807) is 43.0 Å². The number of nitriles is 1. The van der Waals surface area contributed by atoms with Gasteiger partial charge >= 0.3 is 0 Å². The SMILES string of the molecule is CNC(=O)c1ccc(CN(CC(=O)Nc2sccc2C#N)Cc2ccco2)cc1. The van der Waals surface area contributed by atoms with Crippen LogP contribution >= 0.6 is 11.3 Å². The lowest BCUT2D eigenvalue weighted by molar-refractivity contribution is -0.117. The van der Waals surface area contributed by atoms with Crippen LogP contribution < -0.4 is 10.6 Å². The lowest BCUT2D eigenvalue weighted by Gasteiger charge is -2.21. The average Bonchev–Trinajstić information content (AvgIpc) is 3.39. The van der Waals surface area contributed by atoms with Gasteiger partial charge in [-0.3, -0.25) is 14.5 Å². The van der Waals surface area contributed by atoms with Crippen LogP contribution in [0.5, 0.6) is 0 Å². The van der Waals surface area contributed by atoms with E-state index in [2.05, 4.69) is 16.7 Å². The standard InChI is InChI=1S/C21H20N4O3S/c1-23-20(27)16-6-4-15(5-7-16)12-25(13-18-3-2-9-28-18)14-19(26)24-21-17(11-22)8-10-29-21/h2-10H,12-14H2,1H3,(H,23,27)(H,24,26). The Morgan fingerprint density at radius 1 is 1.17 bits per heavy atom. The Morgan fingerprint density at radius 2 is 1.97 bits per heavy atom. The molecule has 0 atom stereocenters. The third kappa shape index (κ3) is 5.54. The van der Waals surface area contributed by atoms with Crippen LogP contribution in [0.3, 0.4) is 0 Å². The van der Waals surface area contributed by atoms with Gasteiger partial charge in [-0.15, -0.1) is 11.3 Å². The first kappa shape index (κ1) is 20.3. The number of rotatable bonds is 8. The minimum Gasteiger partial charge on any atom is -0.468 e. The summed E-state index contributed by atoms with van der Waals surface area (Å²) in [5, 5.41) is 16.8. The number of carbonyl (C=O) groups excluding carboxylic acids is 2. The van der Waals surface area contributed by atoms with Crippen molar-refractivity contribution in [2.45, 2.75) is 13.1 Å². The molecular weight excluding hydrogens is 388 g/mol. The summed E-state index contributed by atoms with van der Waals surface area (Å²) in [4.78, 5) is 26.2. The first-order chi connectivity index (χ1) is 14.1. The fourth-order valence-corrected chi connectivity index (χ4v) is 3.57. The van der Waals surface area contributed by atoms with Gasteiger partial charge in [0.25, 0.3) is 5.91 Å². The number of thiophene rings is 1. The Labute approximate surface area is 172 Å². The Balaban J connectivity index is 1.70. The molecule has 2 N–H and O–H groups in total. The monoisotopic (exact) mass is 408 g/mol. The molecule has 148 valence electrons. The van der Waals surface area contributed by atoms with Crippen LogP contribution in [0.2, 0.25) is 0 Å². The average molecular weight is 408 g/mol. The number of nitrogens with one attached hydrogen (secondary N) is 2. The normalized spacial score (nSPS) is 10.5. The highest BCUT2D eigenvalue weighted by Crippen LogP contribution is 2.22. The number of furan rings is 1. The van der Waals surface area contributed by atoms with E-state index in [0.29, 0.717) is 29.2 Å². The fourth-order valence-electron chi connectivity index (χ4n) is 2.82. The summed E-state index contributed by atoms with van der Waals surface area (Å²) in [7, 11) is 1.59. The molecule has 2 amide bonds. The molecule has 2 aromatic heterocycles. The summed E-state index contributed by atoms with van der Waals surface area (Å²) in [6.45, 7) is 1.07. The molecule has 0 aliphatic rings. The highest BCUT2D eigenvalue weighted by atomic mass is 32.1. The largest absolute Gasteiger partial charge is 0.468 e. The lowest BCUT2D eigenvalue weighted by atomic mass is 10.1. The van der Waals surface area contributed by atoms with Crippen molar-refractivity contribution in [3.63, 3.8) is 0 Å². The van der Waals surface area contributed by atoms with Crippen LogP contribution in [0.1, 0.15) is 27.2 Å². The van der Waals surface area contributed by atoms with E-state index in [4.69, 9.17) is 9.68 Å². The van der Waals surface area contributed by atoms with E-state index in [-0.39, 0.29) is 18.4 Å². The number of hydrogen-bond donors (Lipinski definition) is 2. The van der Waals surface area contributed by atoms with Crippen LogP contribution in [0.15, 0.2) is 58.5 Å². The quantitative estimate of drug-likeness (QED) is 0.596. The minimum atomic E-state index is -0.211. The van der Waals surface area contributed by atoms with Gasteiger partial charge in [-0.05, 0) is 41.3 Å². The topological polar surface area (TPSA) is 98.4 Å². The van der Waals surface area contributed by atoms with Crippen molar-refractivity contribution in [1.82, 2.24) is 10.2 Å². The van der Waals surface area contributed by atoms with Crippen molar-refractivity contribution in [3.05, 3.63) is 76.6 Å². The third-order valence-electron chi connectivity index (χ3n) is 4.21. The number of carbonyl (C=O) groups is 2. The van der Waals surface area contributed by atoms with E-state index in [9.17, 15) is 9.59 Å². The van der Waals surface area contributed by atoms with Gasteiger partial charge in [0.15, 0.2) is 0 Å². The van der Waals surface area contributed by atoms with Gasteiger partial charge in [-0.25, -0.2) is 0 Å². The molecule has 3 rings (SSSR count). The molecule has 29 heavy (non-hydrogen) atoms. The molecule has 2 heterocycles. The zero-order chi connectivity index (χ0) is 20.6. The Bertz CT molecular complexity index is 1000.